The number of thiazole rings is 1. The first-order valence-corrected chi connectivity index (χ1v) is 8.04. The average Bonchev–Trinajstić information content (AvgIpc) is 2.89. The number of carbonyl (C=O) groups is 1. The average molecular weight is 319 g/mol. The molecule has 2 rings (SSSR count). The number of methoxy groups -OCH3 is 1. The second-order valence-electron chi connectivity index (χ2n) is 4.84. The van der Waals surface area contributed by atoms with Crippen molar-refractivity contribution in [1.29, 1.82) is 0 Å². The SMILES string of the molecule is COCCNc1nc(C)c(C(=O)NCCc2ccccc2)s1. The van der Waals surface area contributed by atoms with Gasteiger partial charge in [-0.2, -0.15) is 0 Å². The zero-order valence-electron chi connectivity index (χ0n) is 12.9. The van der Waals surface area contributed by atoms with E-state index in [9.17, 15) is 4.79 Å². The molecule has 6 heteroatoms. The molecule has 0 atom stereocenters. The molecule has 1 aromatic carbocycles. The molecule has 0 bridgehead atoms. The maximum absolute atomic E-state index is 12.2. The Hall–Kier alpha value is -1.92. The fourth-order valence-corrected chi connectivity index (χ4v) is 2.90. The summed E-state index contributed by atoms with van der Waals surface area (Å²) in [6.07, 6.45) is 0.823. The molecule has 2 aromatic rings. The third-order valence-corrected chi connectivity index (χ3v) is 4.24. The van der Waals surface area contributed by atoms with Crippen molar-refractivity contribution in [3.8, 4) is 0 Å². The molecule has 118 valence electrons. The number of hydrogen-bond acceptors (Lipinski definition) is 5. The summed E-state index contributed by atoms with van der Waals surface area (Å²) in [6.45, 7) is 3.76. The highest BCUT2D eigenvalue weighted by Crippen LogP contribution is 2.22. The van der Waals surface area contributed by atoms with Gasteiger partial charge in [-0.15, -0.1) is 0 Å². The Kier molecular flexibility index (Phi) is 6.36. The predicted octanol–water partition coefficient (Wildman–Crippen LogP) is 2.48. The van der Waals surface area contributed by atoms with Gasteiger partial charge < -0.3 is 15.4 Å². The first kappa shape index (κ1) is 16.5. The molecule has 0 fully saturated rings. The number of nitrogens with one attached hydrogen (secondary N) is 2. The Labute approximate surface area is 134 Å². The van der Waals surface area contributed by atoms with E-state index >= 15 is 0 Å². The molecule has 0 aliphatic carbocycles. The third kappa shape index (κ3) is 4.82. The van der Waals surface area contributed by atoms with Crippen molar-refractivity contribution in [1.82, 2.24) is 10.3 Å². The van der Waals surface area contributed by atoms with Gasteiger partial charge in [0.2, 0.25) is 0 Å². The lowest BCUT2D eigenvalue weighted by molar-refractivity contribution is 0.0957. The summed E-state index contributed by atoms with van der Waals surface area (Å²) in [6, 6.07) is 10.1. The van der Waals surface area contributed by atoms with E-state index in [0.29, 0.717) is 24.6 Å². The van der Waals surface area contributed by atoms with Crippen LogP contribution in [0.5, 0.6) is 0 Å². The lowest BCUT2D eigenvalue weighted by Gasteiger charge is -2.04. The van der Waals surface area contributed by atoms with E-state index in [2.05, 4.69) is 27.8 Å². The van der Waals surface area contributed by atoms with Crippen LogP contribution in [-0.4, -0.2) is 37.7 Å². The van der Waals surface area contributed by atoms with E-state index in [1.165, 1.54) is 16.9 Å². The number of aromatic nitrogens is 1. The van der Waals surface area contributed by atoms with Crippen LogP contribution in [-0.2, 0) is 11.2 Å². The van der Waals surface area contributed by atoms with Crippen LogP contribution >= 0.6 is 11.3 Å². The number of rotatable bonds is 8. The van der Waals surface area contributed by atoms with Crippen LogP contribution in [0.2, 0.25) is 0 Å². The van der Waals surface area contributed by atoms with Crippen LogP contribution in [0, 0.1) is 6.92 Å². The van der Waals surface area contributed by atoms with Crippen molar-refractivity contribution < 1.29 is 9.53 Å². The zero-order chi connectivity index (χ0) is 15.8. The van der Waals surface area contributed by atoms with Gasteiger partial charge in [0.05, 0.1) is 12.3 Å². The number of nitrogens with zero attached hydrogens (tertiary/aromatic N) is 1. The molecular formula is C16H21N3O2S. The van der Waals surface area contributed by atoms with Gasteiger partial charge in [0.15, 0.2) is 5.13 Å². The summed E-state index contributed by atoms with van der Waals surface area (Å²) in [5.41, 5.74) is 1.97. The van der Waals surface area contributed by atoms with E-state index in [1.807, 2.05) is 25.1 Å². The number of ether oxygens (including phenoxy) is 1. The normalized spacial score (nSPS) is 10.5. The maximum atomic E-state index is 12.2. The molecule has 0 spiro atoms. The third-order valence-electron chi connectivity index (χ3n) is 3.13. The van der Waals surface area contributed by atoms with Gasteiger partial charge >= 0.3 is 0 Å². The van der Waals surface area contributed by atoms with Crippen LogP contribution in [0.4, 0.5) is 5.13 Å². The summed E-state index contributed by atoms with van der Waals surface area (Å²) in [5.74, 6) is -0.0641. The molecular weight excluding hydrogens is 298 g/mol. The Bertz CT molecular complexity index is 599. The summed E-state index contributed by atoms with van der Waals surface area (Å²) in [5, 5.41) is 6.85. The Morgan fingerprint density at radius 1 is 1.27 bits per heavy atom. The fourth-order valence-electron chi connectivity index (χ4n) is 1.99. The zero-order valence-corrected chi connectivity index (χ0v) is 13.7. The van der Waals surface area contributed by atoms with Crippen LogP contribution < -0.4 is 10.6 Å². The van der Waals surface area contributed by atoms with Gasteiger partial charge in [0.1, 0.15) is 4.88 Å². The molecule has 22 heavy (non-hydrogen) atoms. The van der Waals surface area contributed by atoms with E-state index < -0.39 is 0 Å². The Balaban J connectivity index is 1.84. The van der Waals surface area contributed by atoms with Crippen LogP contribution in [0.15, 0.2) is 30.3 Å². The smallest absolute Gasteiger partial charge is 0.263 e. The molecule has 0 saturated carbocycles. The Morgan fingerprint density at radius 3 is 2.77 bits per heavy atom. The van der Waals surface area contributed by atoms with Crippen LogP contribution in [0.3, 0.4) is 0 Å². The molecule has 1 heterocycles. The standard InChI is InChI=1S/C16H21N3O2S/c1-12-14(22-16(19-12)18-10-11-21-2)15(20)17-9-8-13-6-4-3-5-7-13/h3-7H,8-11H2,1-2H3,(H,17,20)(H,18,19). The first-order valence-electron chi connectivity index (χ1n) is 7.23. The second-order valence-corrected chi connectivity index (χ2v) is 5.84. The predicted molar refractivity (Wildman–Crippen MR) is 89.7 cm³/mol. The first-order chi connectivity index (χ1) is 10.7. The number of aryl methyl sites for hydroxylation is 1. The number of anilines is 1. The topological polar surface area (TPSA) is 63.2 Å². The molecule has 1 amide bonds. The summed E-state index contributed by atoms with van der Waals surface area (Å²) >= 11 is 1.37. The second kappa shape index (κ2) is 8.51. The largest absolute Gasteiger partial charge is 0.383 e. The number of hydrogen-bond donors (Lipinski definition) is 2. The van der Waals surface area contributed by atoms with Crippen molar-refractivity contribution in [2.24, 2.45) is 0 Å². The molecule has 0 unspecified atom stereocenters. The highest BCUT2D eigenvalue weighted by Gasteiger charge is 2.14. The van der Waals surface area contributed by atoms with Crippen molar-refractivity contribution in [3.63, 3.8) is 0 Å². The molecule has 1 aromatic heterocycles. The minimum atomic E-state index is -0.0641. The van der Waals surface area contributed by atoms with Crippen molar-refractivity contribution in [2.45, 2.75) is 13.3 Å². The minimum absolute atomic E-state index is 0.0641. The molecule has 0 aliphatic heterocycles. The Morgan fingerprint density at radius 2 is 2.05 bits per heavy atom. The highest BCUT2D eigenvalue weighted by atomic mass is 32.1. The van der Waals surface area contributed by atoms with E-state index in [-0.39, 0.29) is 5.91 Å². The molecule has 5 nitrogen and oxygen atoms in total. The highest BCUT2D eigenvalue weighted by molar-refractivity contribution is 7.17. The fraction of sp³-hybridized carbons (Fsp3) is 0.375. The van der Waals surface area contributed by atoms with Gasteiger partial charge in [0.25, 0.3) is 5.91 Å². The lowest BCUT2D eigenvalue weighted by atomic mass is 10.1. The lowest BCUT2D eigenvalue weighted by Crippen LogP contribution is -2.25. The number of amides is 1. The van der Waals surface area contributed by atoms with Gasteiger partial charge in [-0.3, -0.25) is 4.79 Å². The van der Waals surface area contributed by atoms with E-state index in [4.69, 9.17) is 4.74 Å². The van der Waals surface area contributed by atoms with Gasteiger partial charge in [-0.25, -0.2) is 4.98 Å². The maximum Gasteiger partial charge on any atom is 0.263 e. The van der Waals surface area contributed by atoms with Crippen molar-refractivity contribution in [2.75, 3.05) is 32.1 Å². The number of carbonyl (C=O) groups excluding carboxylic acids is 1. The molecule has 0 aliphatic rings. The summed E-state index contributed by atoms with van der Waals surface area (Å²) in [4.78, 5) is 17.2. The monoisotopic (exact) mass is 319 g/mol. The van der Waals surface area contributed by atoms with E-state index in [1.54, 1.807) is 7.11 Å². The van der Waals surface area contributed by atoms with Gasteiger partial charge in [-0.1, -0.05) is 41.7 Å². The molecule has 0 saturated heterocycles. The summed E-state index contributed by atoms with van der Waals surface area (Å²) in [7, 11) is 1.65. The quantitative estimate of drug-likeness (QED) is 0.734. The van der Waals surface area contributed by atoms with Crippen LogP contribution in [0.25, 0.3) is 0 Å². The minimum Gasteiger partial charge on any atom is -0.383 e. The van der Waals surface area contributed by atoms with Crippen LogP contribution in [0.1, 0.15) is 20.9 Å². The summed E-state index contributed by atoms with van der Waals surface area (Å²) < 4.78 is 4.98. The van der Waals surface area contributed by atoms with Crippen molar-refractivity contribution in [3.05, 3.63) is 46.5 Å². The van der Waals surface area contributed by atoms with Gasteiger partial charge in [-0.05, 0) is 18.9 Å². The van der Waals surface area contributed by atoms with Crippen molar-refractivity contribution >= 4 is 22.4 Å². The van der Waals surface area contributed by atoms with E-state index in [0.717, 1.165) is 17.2 Å². The number of benzene rings is 1. The molecule has 0 radical (unpaired) electrons. The molecule has 2 N–H and O–H groups in total. The van der Waals surface area contributed by atoms with Gasteiger partial charge in [0, 0.05) is 20.2 Å².